The van der Waals surface area contributed by atoms with Crippen LogP contribution in [0.2, 0.25) is 0 Å². The summed E-state index contributed by atoms with van der Waals surface area (Å²) >= 11 is 0. The zero-order valence-electron chi connectivity index (χ0n) is 18.9. The molecule has 9 nitrogen and oxygen atoms in total. The molecule has 0 aliphatic carbocycles. The second-order valence-electron chi connectivity index (χ2n) is 7.04. The molecule has 178 valence electrons. The number of sulfonamides is 1. The van der Waals surface area contributed by atoms with Crippen LogP contribution < -0.4 is 24.6 Å². The maximum absolute atomic E-state index is 12.9. The van der Waals surface area contributed by atoms with Crippen molar-refractivity contribution < 1.29 is 27.5 Å². The monoisotopic (exact) mass is 483 g/mol. The minimum atomic E-state index is -3.80. The molecule has 2 N–H and O–H groups in total. The lowest BCUT2D eigenvalue weighted by molar-refractivity contribution is 0.0846. The zero-order valence-corrected chi connectivity index (χ0v) is 19.8. The van der Waals surface area contributed by atoms with E-state index in [1.807, 2.05) is 6.92 Å². The van der Waals surface area contributed by atoms with E-state index < -0.39 is 21.8 Å². The van der Waals surface area contributed by atoms with E-state index in [0.29, 0.717) is 23.8 Å². The van der Waals surface area contributed by atoms with Gasteiger partial charge in [0.1, 0.15) is 0 Å². The first-order valence-electron chi connectivity index (χ1n) is 10.3. The first kappa shape index (κ1) is 24.6. The molecule has 3 aromatic carbocycles. The lowest BCUT2D eigenvalue weighted by Gasteiger charge is -2.19. The van der Waals surface area contributed by atoms with E-state index in [1.165, 1.54) is 50.6 Å². The topological polar surface area (TPSA) is 114 Å². The van der Waals surface area contributed by atoms with Crippen LogP contribution >= 0.6 is 0 Å². The van der Waals surface area contributed by atoms with Gasteiger partial charge in [-0.1, -0.05) is 18.2 Å². The van der Waals surface area contributed by atoms with Gasteiger partial charge in [0.15, 0.2) is 11.5 Å². The molecule has 34 heavy (non-hydrogen) atoms. The number of methoxy groups -OCH3 is 1. The Labute approximate surface area is 198 Å². The maximum atomic E-state index is 12.9. The van der Waals surface area contributed by atoms with Crippen molar-refractivity contribution in [1.82, 2.24) is 10.9 Å². The molecule has 0 unspecified atom stereocenters. The number of carbonyl (C=O) groups excluding carboxylic acids is 2. The van der Waals surface area contributed by atoms with E-state index in [0.717, 1.165) is 4.31 Å². The highest BCUT2D eigenvalue weighted by atomic mass is 32.2. The van der Waals surface area contributed by atoms with Gasteiger partial charge in [0.2, 0.25) is 0 Å². The van der Waals surface area contributed by atoms with Gasteiger partial charge in [-0.3, -0.25) is 24.7 Å². The predicted molar refractivity (Wildman–Crippen MR) is 128 cm³/mol. The Hall–Kier alpha value is -4.05. The van der Waals surface area contributed by atoms with Gasteiger partial charge in [0.25, 0.3) is 21.8 Å². The molecule has 0 saturated carbocycles. The van der Waals surface area contributed by atoms with Crippen molar-refractivity contribution in [2.24, 2.45) is 0 Å². The van der Waals surface area contributed by atoms with Crippen molar-refractivity contribution in [2.75, 3.05) is 25.1 Å². The summed E-state index contributed by atoms with van der Waals surface area (Å²) in [6, 6.07) is 18.7. The van der Waals surface area contributed by atoms with Gasteiger partial charge in [-0.2, -0.15) is 0 Å². The second kappa shape index (κ2) is 10.7. The minimum Gasteiger partial charge on any atom is -0.493 e. The number of rotatable bonds is 8. The smallest absolute Gasteiger partial charge is 0.269 e. The summed E-state index contributed by atoms with van der Waals surface area (Å²) in [5.74, 6) is -0.276. The molecule has 0 aliphatic heterocycles. The number of para-hydroxylation sites is 1. The van der Waals surface area contributed by atoms with Gasteiger partial charge >= 0.3 is 0 Å². The Balaban J connectivity index is 1.65. The van der Waals surface area contributed by atoms with E-state index in [9.17, 15) is 18.0 Å². The number of anilines is 1. The van der Waals surface area contributed by atoms with E-state index in [4.69, 9.17) is 9.47 Å². The van der Waals surface area contributed by atoms with Crippen LogP contribution in [-0.2, 0) is 10.0 Å². The van der Waals surface area contributed by atoms with Crippen LogP contribution in [0.3, 0.4) is 0 Å². The fourth-order valence-electron chi connectivity index (χ4n) is 3.05. The van der Waals surface area contributed by atoms with Gasteiger partial charge in [0, 0.05) is 18.2 Å². The Kier molecular flexibility index (Phi) is 7.75. The number of ether oxygens (including phenoxy) is 2. The molecule has 0 aromatic heterocycles. The molecule has 0 spiro atoms. The number of carbonyl (C=O) groups is 2. The van der Waals surface area contributed by atoms with Crippen molar-refractivity contribution in [2.45, 2.75) is 11.8 Å². The quantitative estimate of drug-likeness (QED) is 0.476. The first-order valence-corrected chi connectivity index (χ1v) is 11.8. The minimum absolute atomic E-state index is 0.0286. The zero-order chi connectivity index (χ0) is 24.7. The van der Waals surface area contributed by atoms with Gasteiger partial charge in [-0.15, -0.1) is 0 Å². The molecule has 0 saturated heterocycles. The highest BCUT2D eigenvalue weighted by molar-refractivity contribution is 7.92. The van der Waals surface area contributed by atoms with Crippen LogP contribution in [0.5, 0.6) is 11.5 Å². The molecular formula is C24H25N3O6S. The average Bonchev–Trinajstić information content (AvgIpc) is 2.87. The number of nitrogens with one attached hydrogen (secondary N) is 2. The third-order valence-electron chi connectivity index (χ3n) is 4.91. The van der Waals surface area contributed by atoms with Gasteiger partial charge in [-0.05, 0) is 61.5 Å². The third-order valence-corrected chi connectivity index (χ3v) is 6.71. The summed E-state index contributed by atoms with van der Waals surface area (Å²) in [5.41, 5.74) is 5.57. The van der Waals surface area contributed by atoms with Crippen LogP contribution in [-0.4, -0.2) is 41.0 Å². The molecule has 3 aromatic rings. The fraction of sp³-hybridized carbons (Fsp3) is 0.167. The van der Waals surface area contributed by atoms with Crippen molar-refractivity contribution >= 4 is 27.5 Å². The standard InChI is InChI=1S/C24H25N3O6S/c1-4-33-21-15-12-18(16-22(21)32-3)24(29)26-25-23(28)17-10-13-20(14-11-17)34(30,31)27(2)19-8-6-5-7-9-19/h5-16H,4H2,1-3H3,(H,25,28)(H,26,29). The fourth-order valence-corrected chi connectivity index (χ4v) is 4.25. The number of hydrogen-bond donors (Lipinski definition) is 2. The molecule has 0 radical (unpaired) electrons. The highest BCUT2D eigenvalue weighted by Gasteiger charge is 2.21. The van der Waals surface area contributed by atoms with Crippen LogP contribution in [0.4, 0.5) is 5.69 Å². The van der Waals surface area contributed by atoms with E-state index in [2.05, 4.69) is 10.9 Å². The SMILES string of the molecule is CCOc1ccc(C(=O)NNC(=O)c2ccc(S(=O)(=O)N(C)c3ccccc3)cc2)cc1OC. The second-order valence-corrected chi connectivity index (χ2v) is 9.01. The van der Waals surface area contributed by atoms with E-state index in [-0.39, 0.29) is 16.0 Å². The van der Waals surface area contributed by atoms with Gasteiger partial charge < -0.3 is 9.47 Å². The van der Waals surface area contributed by atoms with Crippen LogP contribution in [0.25, 0.3) is 0 Å². The lowest BCUT2D eigenvalue weighted by atomic mass is 10.2. The largest absolute Gasteiger partial charge is 0.493 e. The maximum Gasteiger partial charge on any atom is 0.269 e. The molecule has 3 rings (SSSR count). The molecular weight excluding hydrogens is 458 g/mol. The summed E-state index contributed by atoms with van der Waals surface area (Å²) in [5, 5.41) is 0. The van der Waals surface area contributed by atoms with Crippen molar-refractivity contribution in [1.29, 1.82) is 0 Å². The number of benzene rings is 3. The van der Waals surface area contributed by atoms with E-state index in [1.54, 1.807) is 36.4 Å². The number of hydrogen-bond acceptors (Lipinski definition) is 6. The summed E-state index contributed by atoms with van der Waals surface area (Å²) in [6.07, 6.45) is 0. The third kappa shape index (κ3) is 5.46. The highest BCUT2D eigenvalue weighted by Crippen LogP contribution is 2.28. The molecule has 0 fully saturated rings. The molecule has 10 heteroatoms. The predicted octanol–water partition coefficient (Wildman–Crippen LogP) is 2.99. The van der Waals surface area contributed by atoms with Gasteiger partial charge in [-0.25, -0.2) is 8.42 Å². The molecule has 0 atom stereocenters. The first-order chi connectivity index (χ1) is 16.3. The summed E-state index contributed by atoms with van der Waals surface area (Å²) in [4.78, 5) is 24.9. The summed E-state index contributed by atoms with van der Waals surface area (Å²) < 4.78 is 37.5. The normalized spacial score (nSPS) is 10.8. The Bertz CT molecular complexity index is 1260. The summed E-state index contributed by atoms with van der Waals surface area (Å²) in [7, 11) is -0.885. The molecule has 2 amide bonds. The summed E-state index contributed by atoms with van der Waals surface area (Å²) in [6.45, 7) is 2.28. The van der Waals surface area contributed by atoms with Crippen LogP contribution in [0, 0.1) is 0 Å². The lowest BCUT2D eigenvalue weighted by Crippen LogP contribution is -2.41. The Morgan fingerprint density at radius 2 is 1.44 bits per heavy atom. The number of nitrogens with zero attached hydrogens (tertiary/aromatic N) is 1. The van der Waals surface area contributed by atoms with E-state index >= 15 is 0 Å². The van der Waals surface area contributed by atoms with Gasteiger partial charge in [0.05, 0.1) is 24.3 Å². The Morgan fingerprint density at radius 1 is 0.853 bits per heavy atom. The number of hydrazine groups is 1. The van der Waals surface area contributed by atoms with Crippen molar-refractivity contribution in [3.8, 4) is 11.5 Å². The van der Waals surface area contributed by atoms with Crippen LogP contribution in [0.15, 0.2) is 77.7 Å². The molecule has 0 bridgehead atoms. The molecule has 0 heterocycles. The van der Waals surface area contributed by atoms with Crippen molar-refractivity contribution in [3.05, 3.63) is 83.9 Å². The Morgan fingerprint density at radius 3 is 2.03 bits per heavy atom. The number of amides is 2. The molecule has 0 aliphatic rings. The van der Waals surface area contributed by atoms with Crippen molar-refractivity contribution in [3.63, 3.8) is 0 Å². The average molecular weight is 484 g/mol. The van der Waals surface area contributed by atoms with Crippen LogP contribution in [0.1, 0.15) is 27.6 Å².